The van der Waals surface area contributed by atoms with Crippen LogP contribution >= 0.6 is 0 Å². The second-order valence-electron chi connectivity index (χ2n) is 15.6. The molecule has 3 atom stereocenters. The monoisotopic (exact) mass is 729 g/mol. The number of rotatable bonds is 17. The lowest BCUT2D eigenvalue weighted by Gasteiger charge is -2.35. The molecule has 0 bridgehead atoms. The van der Waals surface area contributed by atoms with Crippen molar-refractivity contribution in [1.82, 2.24) is 15.5 Å². The quantitative estimate of drug-likeness (QED) is 0.0956. The van der Waals surface area contributed by atoms with Crippen LogP contribution in [0.1, 0.15) is 109 Å². The van der Waals surface area contributed by atoms with E-state index in [-0.39, 0.29) is 25.1 Å². The van der Waals surface area contributed by atoms with Crippen molar-refractivity contribution in [1.29, 1.82) is 0 Å². The summed E-state index contributed by atoms with van der Waals surface area (Å²) in [5.41, 5.74) is 1.33. The number of amides is 3. The number of aromatic hydroxyl groups is 1. The van der Waals surface area contributed by atoms with Gasteiger partial charge in [-0.15, -0.1) is 0 Å². The number of nitrogens with zero attached hydrogens (tertiary/aromatic N) is 1. The molecule has 0 radical (unpaired) electrons. The van der Waals surface area contributed by atoms with E-state index < -0.39 is 53.2 Å². The maximum atomic E-state index is 15.0. The molecule has 3 amide bonds. The highest BCUT2D eigenvalue weighted by atomic mass is 16.6. The van der Waals surface area contributed by atoms with Gasteiger partial charge in [0.15, 0.2) is 0 Å². The number of carbonyl (C=O) groups excluding carboxylic acids is 4. The molecule has 0 fully saturated rings. The molecule has 0 saturated carbocycles. The largest absolute Gasteiger partial charge is 0.508 e. The Balaban J connectivity index is 2.13. The minimum atomic E-state index is -1.16. The van der Waals surface area contributed by atoms with Crippen molar-refractivity contribution < 1.29 is 33.8 Å². The summed E-state index contributed by atoms with van der Waals surface area (Å²) in [6.07, 6.45) is 3.95. The summed E-state index contributed by atoms with van der Waals surface area (Å²) in [5.74, 6) is -1.56. The van der Waals surface area contributed by atoms with Gasteiger partial charge < -0.3 is 30.1 Å². The number of aryl methyl sites for hydroxylation is 1. The lowest BCUT2D eigenvalue weighted by atomic mass is 9.97. The summed E-state index contributed by atoms with van der Waals surface area (Å²) >= 11 is 0. The molecule has 3 rings (SSSR count). The maximum Gasteiger partial charge on any atom is 0.408 e. The smallest absolute Gasteiger partial charge is 0.408 e. The average Bonchev–Trinajstić information content (AvgIpc) is 3.06. The van der Waals surface area contributed by atoms with Gasteiger partial charge in [-0.3, -0.25) is 9.59 Å². The van der Waals surface area contributed by atoms with E-state index in [0.717, 1.165) is 36.8 Å². The highest BCUT2D eigenvalue weighted by molar-refractivity contribution is 5.94. The maximum absolute atomic E-state index is 15.0. The number of phenols is 1. The zero-order valence-electron chi connectivity index (χ0n) is 32.7. The van der Waals surface area contributed by atoms with Gasteiger partial charge in [-0.25, -0.2) is 9.59 Å². The van der Waals surface area contributed by atoms with Crippen LogP contribution in [0.15, 0.2) is 78.9 Å². The zero-order chi connectivity index (χ0) is 39.2. The summed E-state index contributed by atoms with van der Waals surface area (Å²) in [4.78, 5) is 58.2. The number of alkyl carbamates (subject to hydrolysis) is 1. The number of hydrogen-bond acceptors (Lipinski definition) is 7. The standard InChI is InChI=1S/C43H59N3O7/c1-9-10-11-12-16-26-46(39(49)35(45-41(51)53-43(6,7)8)28-32-22-24-34(47)25-23-32)37(33-21-17-18-30(2)27-33)38(48)44-36(40(50)52-42(3,4)5)29-31-19-14-13-15-20-31/h13-15,17-25,27,35-37,47H,9-12,16,26,28-29H2,1-8H3,(H,44,48)(H,45,51). The molecular formula is C43H59N3O7. The van der Waals surface area contributed by atoms with E-state index in [4.69, 9.17) is 9.47 Å². The molecule has 0 aliphatic heterocycles. The Morgan fingerprint density at radius 2 is 1.32 bits per heavy atom. The van der Waals surface area contributed by atoms with Gasteiger partial charge in [-0.2, -0.15) is 0 Å². The van der Waals surface area contributed by atoms with E-state index >= 15 is 0 Å². The SMILES string of the molecule is CCCCCCCN(C(=O)C(Cc1ccc(O)cc1)NC(=O)OC(C)(C)C)C(C(=O)NC(Cc1ccccc1)C(=O)OC(C)(C)C)c1cccc(C)c1. The highest BCUT2D eigenvalue weighted by Gasteiger charge is 2.38. The first-order chi connectivity index (χ1) is 25.0. The van der Waals surface area contributed by atoms with Crippen molar-refractivity contribution in [3.63, 3.8) is 0 Å². The molecule has 0 aliphatic rings. The third-order valence-electron chi connectivity index (χ3n) is 8.36. The summed E-state index contributed by atoms with van der Waals surface area (Å²) in [6, 6.07) is 19.8. The Bertz CT molecular complexity index is 1630. The molecule has 0 heterocycles. The van der Waals surface area contributed by atoms with E-state index in [1.807, 2.05) is 55.5 Å². The Hall–Kier alpha value is -4.86. The van der Waals surface area contributed by atoms with E-state index in [1.165, 1.54) is 17.0 Å². The Kier molecular flexibility index (Phi) is 15.9. The minimum absolute atomic E-state index is 0.0664. The Morgan fingerprint density at radius 3 is 1.92 bits per heavy atom. The van der Waals surface area contributed by atoms with Crippen LogP contribution in [0, 0.1) is 6.92 Å². The average molecular weight is 730 g/mol. The molecule has 3 aromatic rings. The van der Waals surface area contributed by atoms with Gasteiger partial charge in [0.05, 0.1) is 0 Å². The molecule has 10 nitrogen and oxygen atoms in total. The van der Waals surface area contributed by atoms with Crippen molar-refractivity contribution in [3.8, 4) is 5.75 Å². The van der Waals surface area contributed by atoms with Crippen molar-refractivity contribution >= 4 is 23.9 Å². The first-order valence-corrected chi connectivity index (χ1v) is 18.7. The third-order valence-corrected chi connectivity index (χ3v) is 8.36. The molecule has 0 saturated heterocycles. The molecule has 0 aliphatic carbocycles. The number of phenolic OH excluding ortho intramolecular Hbond substituents is 1. The number of hydrogen-bond donors (Lipinski definition) is 3. The van der Waals surface area contributed by atoms with E-state index in [2.05, 4.69) is 17.6 Å². The summed E-state index contributed by atoms with van der Waals surface area (Å²) in [7, 11) is 0. The van der Waals surface area contributed by atoms with Crippen LogP contribution in [-0.2, 0) is 36.7 Å². The lowest BCUT2D eigenvalue weighted by molar-refractivity contribution is -0.159. The van der Waals surface area contributed by atoms with Crippen LogP contribution in [0.5, 0.6) is 5.75 Å². The van der Waals surface area contributed by atoms with Gasteiger partial charge in [0.2, 0.25) is 11.8 Å². The topological polar surface area (TPSA) is 134 Å². The fraction of sp³-hybridized carbons (Fsp3) is 0.488. The van der Waals surface area contributed by atoms with Crippen LogP contribution in [0.25, 0.3) is 0 Å². The van der Waals surface area contributed by atoms with Gasteiger partial charge >= 0.3 is 12.1 Å². The minimum Gasteiger partial charge on any atom is -0.508 e. The Morgan fingerprint density at radius 1 is 0.717 bits per heavy atom. The lowest BCUT2D eigenvalue weighted by Crippen LogP contribution is -2.55. The van der Waals surface area contributed by atoms with Crippen LogP contribution in [0.2, 0.25) is 0 Å². The van der Waals surface area contributed by atoms with Crippen molar-refractivity contribution in [3.05, 3.63) is 101 Å². The van der Waals surface area contributed by atoms with Crippen molar-refractivity contribution in [2.24, 2.45) is 0 Å². The molecule has 3 aromatic carbocycles. The predicted molar refractivity (Wildman–Crippen MR) is 207 cm³/mol. The van der Waals surface area contributed by atoms with Gasteiger partial charge in [0.25, 0.3) is 0 Å². The third kappa shape index (κ3) is 15.0. The van der Waals surface area contributed by atoms with E-state index in [9.17, 15) is 24.3 Å². The number of carbonyl (C=O) groups is 4. The number of esters is 1. The molecule has 10 heteroatoms. The first kappa shape index (κ1) is 42.6. The molecule has 3 unspecified atom stereocenters. The first-order valence-electron chi connectivity index (χ1n) is 18.7. The number of benzene rings is 3. The fourth-order valence-corrected chi connectivity index (χ4v) is 5.95. The second-order valence-corrected chi connectivity index (χ2v) is 15.6. The van der Waals surface area contributed by atoms with E-state index in [0.29, 0.717) is 17.5 Å². The van der Waals surface area contributed by atoms with Crippen LogP contribution < -0.4 is 10.6 Å². The zero-order valence-corrected chi connectivity index (χ0v) is 32.7. The summed E-state index contributed by atoms with van der Waals surface area (Å²) in [6.45, 7) is 14.8. The van der Waals surface area contributed by atoms with Gasteiger partial charge in [0, 0.05) is 19.4 Å². The molecule has 0 aromatic heterocycles. The molecule has 3 N–H and O–H groups in total. The van der Waals surface area contributed by atoms with Gasteiger partial charge in [-0.05, 0) is 83.7 Å². The van der Waals surface area contributed by atoms with E-state index in [1.54, 1.807) is 59.7 Å². The van der Waals surface area contributed by atoms with Crippen LogP contribution in [-0.4, -0.2) is 63.7 Å². The van der Waals surface area contributed by atoms with Crippen molar-refractivity contribution in [2.75, 3.05) is 6.54 Å². The van der Waals surface area contributed by atoms with Crippen molar-refractivity contribution in [2.45, 2.75) is 130 Å². The number of nitrogens with one attached hydrogen (secondary N) is 2. The van der Waals surface area contributed by atoms with Crippen LogP contribution in [0.4, 0.5) is 4.79 Å². The summed E-state index contributed by atoms with van der Waals surface area (Å²) in [5, 5.41) is 15.7. The Labute approximate surface area is 315 Å². The fourth-order valence-electron chi connectivity index (χ4n) is 5.95. The number of ether oxygens (including phenoxy) is 2. The molecule has 288 valence electrons. The summed E-state index contributed by atoms with van der Waals surface area (Å²) < 4.78 is 11.3. The molecule has 53 heavy (non-hydrogen) atoms. The molecular weight excluding hydrogens is 670 g/mol. The van der Waals surface area contributed by atoms with Gasteiger partial charge in [0.1, 0.15) is 35.1 Å². The molecule has 0 spiro atoms. The van der Waals surface area contributed by atoms with Crippen LogP contribution in [0.3, 0.4) is 0 Å². The predicted octanol–water partition coefficient (Wildman–Crippen LogP) is 7.75. The second kappa shape index (κ2) is 19.8. The normalized spacial score (nSPS) is 13.3. The van der Waals surface area contributed by atoms with Gasteiger partial charge in [-0.1, -0.05) is 105 Å². The highest BCUT2D eigenvalue weighted by Crippen LogP contribution is 2.26. The number of unbranched alkanes of at least 4 members (excludes halogenated alkanes) is 4.